The van der Waals surface area contributed by atoms with Gasteiger partial charge in [-0.25, -0.2) is 9.78 Å². The number of pyridine rings is 2. The van der Waals surface area contributed by atoms with E-state index in [2.05, 4.69) is 25.8 Å². The predicted molar refractivity (Wildman–Crippen MR) is 110 cm³/mol. The van der Waals surface area contributed by atoms with E-state index >= 15 is 0 Å². The molecule has 0 saturated carbocycles. The van der Waals surface area contributed by atoms with E-state index in [1.54, 1.807) is 7.05 Å². The number of nitrogens with zero attached hydrogens (tertiary/aromatic N) is 2. The lowest BCUT2D eigenvalue weighted by Crippen LogP contribution is -2.33. The Balaban J connectivity index is 2.18. The third-order valence-corrected chi connectivity index (χ3v) is 5.99. The van der Waals surface area contributed by atoms with E-state index in [0.29, 0.717) is 23.0 Å². The van der Waals surface area contributed by atoms with Gasteiger partial charge in [0.25, 0.3) is 5.56 Å². The fourth-order valence-corrected chi connectivity index (χ4v) is 4.49. The molecule has 144 valence electrons. The van der Waals surface area contributed by atoms with Crippen molar-refractivity contribution in [2.45, 2.75) is 33.1 Å². The van der Waals surface area contributed by atoms with E-state index in [4.69, 9.17) is 11.6 Å². The van der Waals surface area contributed by atoms with Crippen LogP contribution in [0.5, 0.6) is 0 Å². The molecular weight excluding hydrogens is 376 g/mol. The average molecular weight is 397 g/mol. The number of hydrogen-bond acceptors (Lipinski definition) is 3. The Morgan fingerprint density at radius 3 is 2.50 bits per heavy atom. The number of carbonyl (C=O) groups is 1. The van der Waals surface area contributed by atoms with Gasteiger partial charge in [-0.05, 0) is 40.3 Å². The molecule has 2 aromatic heterocycles. The molecular formula is C22H21ClN2O3. The fourth-order valence-electron chi connectivity index (χ4n) is 4.24. The van der Waals surface area contributed by atoms with Crippen LogP contribution in [0.25, 0.3) is 22.2 Å². The second-order valence-corrected chi connectivity index (χ2v) is 8.79. The van der Waals surface area contributed by atoms with Gasteiger partial charge in [0.2, 0.25) is 0 Å². The van der Waals surface area contributed by atoms with Crippen LogP contribution in [0.15, 0.2) is 35.1 Å². The maximum atomic E-state index is 12.7. The molecule has 0 fully saturated rings. The summed E-state index contributed by atoms with van der Waals surface area (Å²) in [7, 11) is 1.60. The highest BCUT2D eigenvalue weighted by Crippen LogP contribution is 2.48. The number of fused-ring (bicyclic) bond motifs is 5. The Hall–Kier alpha value is -2.66. The first-order chi connectivity index (χ1) is 13.1. The molecule has 6 heteroatoms. The summed E-state index contributed by atoms with van der Waals surface area (Å²) < 4.78 is 1.41. The van der Waals surface area contributed by atoms with E-state index in [0.717, 1.165) is 21.9 Å². The van der Waals surface area contributed by atoms with Crippen molar-refractivity contribution in [3.05, 3.63) is 62.5 Å². The largest absolute Gasteiger partial charge is 0.477 e. The average Bonchev–Trinajstić information content (AvgIpc) is 2.63. The Bertz CT molecular complexity index is 1210. The lowest BCUT2D eigenvalue weighted by molar-refractivity contribution is 0.0694. The number of benzene rings is 1. The summed E-state index contributed by atoms with van der Waals surface area (Å²) in [4.78, 5) is 29.0. The number of aromatic carboxylic acids is 1. The maximum Gasteiger partial charge on any atom is 0.341 e. The van der Waals surface area contributed by atoms with Crippen LogP contribution in [-0.2, 0) is 13.5 Å². The van der Waals surface area contributed by atoms with Gasteiger partial charge in [-0.3, -0.25) is 4.79 Å². The van der Waals surface area contributed by atoms with Gasteiger partial charge in [0.1, 0.15) is 10.7 Å². The molecule has 5 nitrogen and oxygen atoms in total. The Morgan fingerprint density at radius 2 is 1.89 bits per heavy atom. The highest BCUT2D eigenvalue weighted by molar-refractivity contribution is 6.34. The van der Waals surface area contributed by atoms with Gasteiger partial charge in [-0.1, -0.05) is 56.6 Å². The van der Waals surface area contributed by atoms with Gasteiger partial charge in [-0.2, -0.15) is 0 Å². The molecule has 1 N–H and O–H groups in total. The Morgan fingerprint density at radius 1 is 1.25 bits per heavy atom. The number of aromatic nitrogens is 2. The van der Waals surface area contributed by atoms with Gasteiger partial charge in [0.15, 0.2) is 0 Å². The highest BCUT2D eigenvalue weighted by Gasteiger charge is 2.37. The maximum absolute atomic E-state index is 12.7. The number of halogens is 1. The number of carboxylic acid groups (broad SMARTS) is 1. The summed E-state index contributed by atoms with van der Waals surface area (Å²) in [6, 6.07) is 9.39. The number of rotatable bonds is 1. The lowest BCUT2D eigenvalue weighted by Gasteiger charge is -2.37. The van der Waals surface area contributed by atoms with E-state index in [1.165, 1.54) is 10.6 Å². The molecule has 0 bridgehead atoms. The Labute approximate surface area is 167 Å². The summed E-state index contributed by atoms with van der Waals surface area (Å²) in [5.41, 5.74) is 2.30. The summed E-state index contributed by atoms with van der Waals surface area (Å²) in [6.07, 6.45) is 0.702. The van der Waals surface area contributed by atoms with Crippen LogP contribution in [0.1, 0.15) is 48.2 Å². The minimum absolute atomic E-state index is 0.0336. The monoisotopic (exact) mass is 396 g/mol. The molecule has 1 unspecified atom stereocenters. The van der Waals surface area contributed by atoms with Gasteiger partial charge >= 0.3 is 5.97 Å². The predicted octanol–water partition coefficient (Wildman–Crippen LogP) is 4.64. The zero-order chi connectivity index (χ0) is 20.4. The number of hydrogen-bond donors (Lipinski definition) is 1. The quantitative estimate of drug-likeness (QED) is 0.608. The van der Waals surface area contributed by atoms with E-state index in [1.807, 2.05) is 24.3 Å². The third kappa shape index (κ3) is 2.65. The van der Waals surface area contributed by atoms with Gasteiger partial charge < -0.3 is 9.67 Å². The van der Waals surface area contributed by atoms with Gasteiger partial charge in [0.05, 0.1) is 11.4 Å². The van der Waals surface area contributed by atoms with Crippen LogP contribution in [0.2, 0.25) is 5.15 Å². The highest BCUT2D eigenvalue weighted by atomic mass is 35.5. The van der Waals surface area contributed by atoms with Crippen LogP contribution < -0.4 is 5.56 Å². The van der Waals surface area contributed by atoms with Gasteiger partial charge in [0, 0.05) is 12.4 Å². The van der Waals surface area contributed by atoms with Crippen molar-refractivity contribution in [1.29, 1.82) is 0 Å². The molecule has 1 atom stereocenters. The molecule has 3 aromatic rings. The molecule has 1 aromatic carbocycles. The van der Waals surface area contributed by atoms with Crippen molar-refractivity contribution in [3.63, 3.8) is 0 Å². The van der Waals surface area contributed by atoms with Crippen molar-refractivity contribution < 1.29 is 9.90 Å². The fraction of sp³-hybridized carbons (Fsp3) is 0.318. The zero-order valence-corrected chi connectivity index (χ0v) is 17.0. The van der Waals surface area contributed by atoms with Crippen LogP contribution in [0.3, 0.4) is 0 Å². The van der Waals surface area contributed by atoms with Crippen LogP contribution >= 0.6 is 11.6 Å². The summed E-state index contributed by atoms with van der Waals surface area (Å²) in [5, 5.41) is 11.8. The van der Waals surface area contributed by atoms with Crippen LogP contribution in [0, 0.1) is 5.41 Å². The van der Waals surface area contributed by atoms with Crippen molar-refractivity contribution in [2.24, 2.45) is 12.5 Å². The third-order valence-electron chi connectivity index (χ3n) is 5.70. The summed E-state index contributed by atoms with van der Waals surface area (Å²) >= 11 is 6.47. The standard InChI is InChI=1S/C22H21ClN2O3/c1-22(2,3)16-10-13-11-7-5-6-8-12(11)19(23)24-17(13)18-14(16)9-15(21(27)28)20(26)25(18)4/h5-9,16H,10H2,1-4H3,(H,27,28). The molecule has 0 saturated heterocycles. The second-order valence-electron chi connectivity index (χ2n) is 8.43. The number of carboxylic acids is 1. The lowest BCUT2D eigenvalue weighted by atomic mass is 9.69. The zero-order valence-electron chi connectivity index (χ0n) is 16.2. The minimum Gasteiger partial charge on any atom is -0.477 e. The molecule has 0 amide bonds. The van der Waals surface area contributed by atoms with Crippen molar-refractivity contribution >= 4 is 28.3 Å². The summed E-state index contributed by atoms with van der Waals surface area (Å²) in [6.45, 7) is 6.39. The molecule has 28 heavy (non-hydrogen) atoms. The molecule has 0 aliphatic heterocycles. The van der Waals surface area contributed by atoms with E-state index < -0.39 is 11.5 Å². The van der Waals surface area contributed by atoms with Crippen LogP contribution in [0.4, 0.5) is 0 Å². The molecule has 0 radical (unpaired) electrons. The SMILES string of the molecule is Cn1c2c(cc(C(=O)O)c1=O)C(C(C)(C)C)Cc1c-2nc(Cl)c2ccccc12. The minimum atomic E-state index is -1.22. The van der Waals surface area contributed by atoms with Crippen molar-refractivity contribution in [3.8, 4) is 11.4 Å². The first kappa shape index (κ1) is 18.7. The second kappa shape index (κ2) is 6.17. The molecule has 1 aliphatic carbocycles. The van der Waals surface area contributed by atoms with E-state index in [-0.39, 0.29) is 16.9 Å². The molecule has 0 spiro atoms. The van der Waals surface area contributed by atoms with E-state index in [9.17, 15) is 14.7 Å². The van der Waals surface area contributed by atoms with Crippen molar-refractivity contribution in [2.75, 3.05) is 0 Å². The molecule has 4 rings (SSSR count). The smallest absolute Gasteiger partial charge is 0.341 e. The first-order valence-electron chi connectivity index (χ1n) is 9.16. The normalized spacial score (nSPS) is 16.0. The summed E-state index contributed by atoms with van der Waals surface area (Å²) in [5.74, 6) is -1.18. The molecule has 2 heterocycles. The van der Waals surface area contributed by atoms with Crippen molar-refractivity contribution in [1.82, 2.24) is 9.55 Å². The Kier molecular flexibility index (Phi) is 4.12. The molecule has 1 aliphatic rings. The van der Waals surface area contributed by atoms with Crippen LogP contribution in [-0.4, -0.2) is 20.6 Å². The topological polar surface area (TPSA) is 72.2 Å². The van der Waals surface area contributed by atoms with Gasteiger partial charge in [-0.15, -0.1) is 0 Å². The first-order valence-corrected chi connectivity index (χ1v) is 9.53.